The number of ether oxygens (including phenoxy) is 1. The number of benzene rings is 1. The van der Waals surface area contributed by atoms with Crippen LogP contribution in [0.1, 0.15) is 23.7 Å². The van der Waals surface area contributed by atoms with Crippen molar-refractivity contribution >= 4 is 33.5 Å². The molecule has 132 valence electrons. The lowest BCUT2D eigenvalue weighted by Crippen LogP contribution is -2.44. The Morgan fingerprint density at radius 3 is 2.42 bits per heavy atom. The maximum atomic E-state index is 12.4. The summed E-state index contributed by atoms with van der Waals surface area (Å²) < 4.78 is 28.3. The van der Waals surface area contributed by atoms with Crippen molar-refractivity contribution in [3.8, 4) is 0 Å². The molecular formula is C16H21NO5S2. The molecule has 8 heteroatoms. The summed E-state index contributed by atoms with van der Waals surface area (Å²) in [4.78, 5) is 26.9. The highest BCUT2D eigenvalue weighted by molar-refractivity contribution is 7.98. The van der Waals surface area contributed by atoms with Gasteiger partial charge >= 0.3 is 5.97 Å². The average molecular weight is 371 g/mol. The lowest BCUT2D eigenvalue weighted by molar-refractivity contribution is -0.140. The fraction of sp³-hybridized carbons (Fsp3) is 0.500. The first-order chi connectivity index (χ1) is 11.2. The molecule has 1 aromatic rings. The summed E-state index contributed by atoms with van der Waals surface area (Å²) in [6.45, 7) is 1.50. The molecule has 1 saturated heterocycles. The molecule has 0 N–H and O–H groups in total. The molecule has 2 rings (SSSR count). The first kappa shape index (κ1) is 18.8. The Morgan fingerprint density at radius 1 is 1.29 bits per heavy atom. The summed E-state index contributed by atoms with van der Waals surface area (Å²) in [6, 6.07) is 6.56. The van der Waals surface area contributed by atoms with Crippen LogP contribution in [-0.4, -0.2) is 62.1 Å². The van der Waals surface area contributed by atoms with E-state index in [1.54, 1.807) is 30.9 Å². The van der Waals surface area contributed by atoms with Crippen LogP contribution < -0.4 is 0 Å². The van der Waals surface area contributed by atoms with Crippen LogP contribution in [0.15, 0.2) is 29.2 Å². The van der Waals surface area contributed by atoms with Crippen molar-refractivity contribution in [2.24, 2.45) is 0 Å². The van der Waals surface area contributed by atoms with E-state index in [2.05, 4.69) is 0 Å². The number of hydrogen-bond donors (Lipinski definition) is 0. The Hall–Kier alpha value is -1.54. The molecule has 6 nitrogen and oxygen atoms in total. The van der Waals surface area contributed by atoms with Crippen LogP contribution >= 0.6 is 11.8 Å². The normalized spacial score (nSPS) is 20.4. The van der Waals surface area contributed by atoms with E-state index in [4.69, 9.17) is 4.74 Å². The smallest absolute Gasteiger partial charge is 0.338 e. The van der Waals surface area contributed by atoms with Gasteiger partial charge in [0.2, 0.25) is 0 Å². The topological polar surface area (TPSA) is 80.8 Å². The lowest BCUT2D eigenvalue weighted by atomic mass is 10.2. The van der Waals surface area contributed by atoms with Gasteiger partial charge < -0.3 is 9.64 Å². The Kier molecular flexibility index (Phi) is 5.92. The van der Waals surface area contributed by atoms with Gasteiger partial charge in [0, 0.05) is 18.0 Å². The second kappa shape index (κ2) is 7.57. The van der Waals surface area contributed by atoms with Gasteiger partial charge in [0.15, 0.2) is 15.9 Å². The molecule has 1 aliphatic rings. The number of carbonyl (C=O) groups excluding carboxylic acids is 2. The summed E-state index contributed by atoms with van der Waals surface area (Å²) in [5.41, 5.74) is 0.374. The largest absolute Gasteiger partial charge is 0.449 e. The van der Waals surface area contributed by atoms with Gasteiger partial charge in [0.1, 0.15) is 0 Å². The van der Waals surface area contributed by atoms with Gasteiger partial charge in [-0.2, -0.15) is 0 Å². The number of esters is 1. The Balaban J connectivity index is 1.96. The molecular weight excluding hydrogens is 350 g/mol. The zero-order valence-electron chi connectivity index (χ0n) is 13.9. The molecule has 1 aliphatic heterocycles. The monoisotopic (exact) mass is 371 g/mol. The lowest BCUT2D eigenvalue weighted by Gasteiger charge is -2.26. The Morgan fingerprint density at radius 2 is 1.92 bits per heavy atom. The predicted molar refractivity (Wildman–Crippen MR) is 92.9 cm³/mol. The quantitative estimate of drug-likeness (QED) is 0.578. The summed E-state index contributed by atoms with van der Waals surface area (Å²) in [7, 11) is -1.53. The van der Waals surface area contributed by atoms with Crippen LogP contribution in [0.5, 0.6) is 0 Å². The van der Waals surface area contributed by atoms with Gasteiger partial charge in [-0.3, -0.25) is 4.79 Å². The number of carbonyl (C=O) groups is 2. The summed E-state index contributed by atoms with van der Waals surface area (Å²) in [5.74, 6) is -0.917. The summed E-state index contributed by atoms with van der Waals surface area (Å²) in [5, 5.41) is 0. The zero-order chi connectivity index (χ0) is 17.9. The highest BCUT2D eigenvalue weighted by Gasteiger charge is 2.35. The van der Waals surface area contributed by atoms with Crippen LogP contribution in [-0.2, 0) is 19.4 Å². The number of likely N-dealkylation sites (N-methyl/N-ethyl adjacent to an activating group) is 1. The van der Waals surface area contributed by atoms with Gasteiger partial charge in [-0.25, -0.2) is 13.2 Å². The highest BCUT2D eigenvalue weighted by atomic mass is 32.2. The van der Waals surface area contributed by atoms with Crippen molar-refractivity contribution in [3.05, 3.63) is 29.8 Å². The molecule has 0 spiro atoms. The zero-order valence-corrected chi connectivity index (χ0v) is 15.5. The summed E-state index contributed by atoms with van der Waals surface area (Å²) >= 11 is 1.56. The van der Waals surface area contributed by atoms with Crippen LogP contribution in [0.3, 0.4) is 0 Å². The van der Waals surface area contributed by atoms with Crippen LogP contribution in [0.2, 0.25) is 0 Å². The molecule has 0 saturated carbocycles. The second-order valence-electron chi connectivity index (χ2n) is 5.78. The number of amides is 1. The highest BCUT2D eigenvalue weighted by Crippen LogP contribution is 2.19. The number of sulfone groups is 1. The van der Waals surface area contributed by atoms with E-state index >= 15 is 0 Å². The molecule has 0 unspecified atom stereocenters. The van der Waals surface area contributed by atoms with Gasteiger partial charge in [0.25, 0.3) is 5.91 Å². The molecule has 0 bridgehead atoms. The Bertz CT molecular complexity index is 714. The van der Waals surface area contributed by atoms with E-state index in [0.717, 1.165) is 4.90 Å². The minimum Gasteiger partial charge on any atom is -0.449 e. The average Bonchev–Trinajstić information content (AvgIpc) is 2.93. The number of hydrogen-bond acceptors (Lipinski definition) is 6. The van der Waals surface area contributed by atoms with Crippen LogP contribution in [0.4, 0.5) is 0 Å². The minimum atomic E-state index is -3.08. The van der Waals surface area contributed by atoms with Gasteiger partial charge in [-0.15, -0.1) is 11.8 Å². The van der Waals surface area contributed by atoms with E-state index in [1.165, 1.54) is 11.8 Å². The molecule has 0 aromatic heterocycles. The van der Waals surface area contributed by atoms with Crippen molar-refractivity contribution in [3.63, 3.8) is 0 Å². The molecule has 1 aromatic carbocycles. The van der Waals surface area contributed by atoms with Crippen molar-refractivity contribution in [1.82, 2.24) is 4.90 Å². The van der Waals surface area contributed by atoms with E-state index in [0.29, 0.717) is 12.0 Å². The summed E-state index contributed by atoms with van der Waals surface area (Å²) in [6.07, 6.45) is 1.39. The second-order valence-corrected chi connectivity index (χ2v) is 8.89. The maximum Gasteiger partial charge on any atom is 0.338 e. The van der Waals surface area contributed by atoms with Gasteiger partial charge in [-0.05, 0) is 43.9 Å². The third-order valence-electron chi connectivity index (χ3n) is 4.06. The first-order valence-electron chi connectivity index (χ1n) is 7.55. The fourth-order valence-electron chi connectivity index (χ4n) is 2.55. The SMILES string of the molecule is CSc1ccc(C(=O)O[C@@H](C)C(=O)N(C)[C@H]2CCS(=O)(=O)C2)cc1. The van der Waals surface area contributed by atoms with Gasteiger partial charge in [-0.1, -0.05) is 0 Å². The van der Waals surface area contributed by atoms with E-state index in [1.807, 2.05) is 18.4 Å². The number of thioether (sulfide) groups is 1. The first-order valence-corrected chi connectivity index (χ1v) is 10.6. The van der Waals surface area contributed by atoms with Crippen molar-refractivity contribution in [2.45, 2.75) is 30.4 Å². The molecule has 1 heterocycles. The molecule has 2 atom stereocenters. The Labute approximate surface area is 146 Å². The molecule has 0 aliphatic carbocycles. The third-order valence-corrected chi connectivity index (χ3v) is 6.55. The number of rotatable bonds is 5. The van der Waals surface area contributed by atoms with Crippen molar-refractivity contribution in [2.75, 3.05) is 24.8 Å². The molecule has 1 amide bonds. The van der Waals surface area contributed by atoms with Gasteiger partial charge in [0.05, 0.1) is 17.1 Å². The fourth-order valence-corrected chi connectivity index (χ4v) is 4.74. The predicted octanol–water partition coefficient (Wildman–Crippen LogP) is 1.60. The van der Waals surface area contributed by atoms with Crippen LogP contribution in [0, 0.1) is 0 Å². The van der Waals surface area contributed by atoms with E-state index < -0.39 is 27.8 Å². The maximum absolute atomic E-state index is 12.4. The molecule has 24 heavy (non-hydrogen) atoms. The standard InChI is InChI=1S/C16H21NO5S2/c1-11(15(18)17(2)13-8-9-24(20,21)10-13)22-16(19)12-4-6-14(23-3)7-5-12/h4-7,11,13H,8-10H2,1-3H3/t11-,13-/m0/s1. The van der Waals surface area contributed by atoms with E-state index in [9.17, 15) is 18.0 Å². The third kappa shape index (κ3) is 4.51. The number of nitrogens with zero attached hydrogens (tertiary/aromatic N) is 1. The van der Waals surface area contributed by atoms with Crippen molar-refractivity contribution < 1.29 is 22.7 Å². The molecule has 1 fully saturated rings. The minimum absolute atomic E-state index is 0.0357. The van der Waals surface area contributed by atoms with Crippen LogP contribution in [0.25, 0.3) is 0 Å². The van der Waals surface area contributed by atoms with Crippen molar-refractivity contribution in [1.29, 1.82) is 0 Å². The van der Waals surface area contributed by atoms with E-state index in [-0.39, 0.29) is 17.5 Å². The molecule has 0 radical (unpaired) electrons.